The largest absolute Gasteiger partial charge is 0.444 e. The van der Waals surface area contributed by atoms with E-state index in [4.69, 9.17) is 14.3 Å². The molecule has 158 valence electrons. The average molecular weight is 400 g/mol. The van der Waals surface area contributed by atoms with E-state index in [1.54, 1.807) is 20.8 Å². The van der Waals surface area contributed by atoms with Crippen molar-refractivity contribution < 1.29 is 33.9 Å². The smallest absolute Gasteiger partial charge is 0.411 e. The van der Waals surface area contributed by atoms with Crippen molar-refractivity contribution in [2.75, 3.05) is 26.4 Å². The van der Waals surface area contributed by atoms with Crippen LogP contribution in [-0.4, -0.2) is 77.3 Å². The summed E-state index contributed by atoms with van der Waals surface area (Å²) in [7, 11) is 0. The zero-order valence-corrected chi connectivity index (χ0v) is 16.4. The highest BCUT2D eigenvalue weighted by atomic mass is 16.7. The van der Waals surface area contributed by atoms with Crippen LogP contribution in [0.5, 0.6) is 0 Å². The number of hydroxylamine groups is 3. The fraction of sp³-hybridized carbons (Fsp3) is 0.706. The lowest BCUT2D eigenvalue weighted by atomic mass is 10.0. The fourth-order valence-corrected chi connectivity index (χ4v) is 2.89. The van der Waals surface area contributed by atoms with Gasteiger partial charge in [-0.1, -0.05) is 6.58 Å². The van der Waals surface area contributed by atoms with Gasteiger partial charge in [-0.2, -0.15) is 0 Å². The van der Waals surface area contributed by atoms with Crippen LogP contribution in [-0.2, 0) is 19.1 Å². The monoisotopic (exact) mass is 400 g/mol. The number of fused-ring (bicyclic) bond motifs is 2. The Bertz CT molecular complexity index is 619. The Morgan fingerprint density at radius 3 is 2.68 bits per heavy atom. The van der Waals surface area contributed by atoms with Crippen molar-refractivity contribution in [3.05, 3.63) is 12.3 Å². The quantitative estimate of drug-likeness (QED) is 0.311. The van der Waals surface area contributed by atoms with Crippen LogP contribution in [0.4, 0.5) is 9.59 Å². The summed E-state index contributed by atoms with van der Waals surface area (Å²) in [5, 5.41) is 12.8. The molecule has 11 nitrogen and oxygen atoms in total. The molecule has 2 rings (SSSR count). The van der Waals surface area contributed by atoms with Gasteiger partial charge in [-0.25, -0.2) is 20.1 Å². The summed E-state index contributed by atoms with van der Waals surface area (Å²) in [6.45, 7) is 9.52. The van der Waals surface area contributed by atoms with Gasteiger partial charge >= 0.3 is 12.1 Å². The number of alkyl carbamates (subject to hydrolysis) is 1. The van der Waals surface area contributed by atoms with Crippen LogP contribution >= 0.6 is 0 Å². The number of nitrogens with zero attached hydrogens (tertiary/aromatic N) is 2. The molecule has 2 atom stereocenters. The van der Waals surface area contributed by atoms with Crippen LogP contribution in [0.15, 0.2) is 12.3 Å². The second kappa shape index (κ2) is 9.22. The molecular formula is C17H28N4O7. The fourth-order valence-electron chi connectivity index (χ4n) is 2.89. The summed E-state index contributed by atoms with van der Waals surface area (Å²) in [6.07, 6.45) is 0.388. The number of nitrogens with one attached hydrogen (secondary N) is 2. The summed E-state index contributed by atoms with van der Waals surface area (Å²) in [4.78, 5) is 42.0. The number of amides is 4. The van der Waals surface area contributed by atoms with E-state index in [1.807, 2.05) is 0 Å². The van der Waals surface area contributed by atoms with Crippen LogP contribution in [0.3, 0.4) is 0 Å². The Morgan fingerprint density at radius 2 is 2.00 bits per heavy atom. The topological polar surface area (TPSA) is 130 Å². The van der Waals surface area contributed by atoms with Crippen molar-refractivity contribution in [3.63, 3.8) is 0 Å². The molecule has 0 unspecified atom stereocenters. The Kier molecular flexibility index (Phi) is 7.22. The van der Waals surface area contributed by atoms with Crippen molar-refractivity contribution in [2.45, 2.75) is 51.3 Å². The molecule has 0 aliphatic carbocycles. The lowest BCUT2D eigenvalue weighted by Gasteiger charge is -2.28. The van der Waals surface area contributed by atoms with Crippen molar-refractivity contribution in [1.29, 1.82) is 0 Å². The summed E-state index contributed by atoms with van der Waals surface area (Å²) in [5.74, 6) is -0.446. The maximum Gasteiger partial charge on any atom is 0.411 e. The number of rotatable bonds is 8. The zero-order chi connectivity index (χ0) is 20.9. The molecule has 4 amide bonds. The minimum absolute atomic E-state index is 0.0647. The standard InChI is InChI=1S/C17H28N4O7/c1-11(18-15(23)28-17(2,3)4)10-26-7-8-27-19-14(22)13-6-5-12-9-20(13)16(24)21(12)25/h12-13,25H,1,5-10H2,2-4H3,(H,18,23)(H,19,22)/t12-,13+/m1/s1. The molecule has 28 heavy (non-hydrogen) atoms. The van der Waals surface area contributed by atoms with Crippen molar-refractivity contribution in [2.24, 2.45) is 0 Å². The maximum atomic E-state index is 12.2. The SMILES string of the molecule is C=C(COCCONC(=O)[C@@H]1CC[C@@H]2CN1C(=O)N2O)NC(=O)OC(C)(C)C. The highest BCUT2D eigenvalue weighted by Crippen LogP contribution is 2.28. The first-order chi connectivity index (χ1) is 13.1. The summed E-state index contributed by atoms with van der Waals surface area (Å²) >= 11 is 0. The summed E-state index contributed by atoms with van der Waals surface area (Å²) in [6, 6.07) is -1.49. The molecule has 2 bridgehead atoms. The molecule has 2 heterocycles. The van der Waals surface area contributed by atoms with E-state index in [2.05, 4.69) is 17.4 Å². The Hall–Kier alpha value is -2.37. The van der Waals surface area contributed by atoms with Gasteiger partial charge in [0.1, 0.15) is 11.6 Å². The van der Waals surface area contributed by atoms with E-state index < -0.39 is 29.7 Å². The minimum atomic E-state index is -0.667. The second-order valence-electron chi connectivity index (χ2n) is 7.62. The molecule has 2 fully saturated rings. The van der Waals surface area contributed by atoms with E-state index in [0.717, 1.165) is 0 Å². The summed E-state index contributed by atoms with van der Waals surface area (Å²) in [5.41, 5.74) is 2.02. The Labute approximate surface area is 163 Å². The van der Waals surface area contributed by atoms with Crippen molar-refractivity contribution >= 4 is 18.0 Å². The average Bonchev–Trinajstić information content (AvgIpc) is 2.80. The Morgan fingerprint density at radius 1 is 1.29 bits per heavy atom. The van der Waals surface area contributed by atoms with E-state index in [1.165, 1.54) is 4.90 Å². The lowest BCUT2D eigenvalue weighted by Crippen LogP contribution is -2.49. The van der Waals surface area contributed by atoms with Gasteiger partial charge in [0.25, 0.3) is 5.91 Å². The highest BCUT2D eigenvalue weighted by molar-refractivity contribution is 5.87. The minimum Gasteiger partial charge on any atom is -0.444 e. The van der Waals surface area contributed by atoms with Crippen LogP contribution < -0.4 is 10.8 Å². The third-order valence-corrected chi connectivity index (χ3v) is 4.10. The van der Waals surface area contributed by atoms with E-state index in [0.29, 0.717) is 30.1 Å². The van der Waals surface area contributed by atoms with Gasteiger partial charge in [-0.15, -0.1) is 0 Å². The number of hydrogen-bond donors (Lipinski definition) is 3. The molecule has 0 radical (unpaired) electrons. The van der Waals surface area contributed by atoms with Gasteiger partial charge < -0.3 is 14.4 Å². The molecular weight excluding hydrogens is 372 g/mol. The van der Waals surface area contributed by atoms with Gasteiger partial charge in [0, 0.05) is 12.2 Å². The van der Waals surface area contributed by atoms with Crippen LogP contribution in [0, 0.1) is 0 Å². The number of piperidine rings is 1. The van der Waals surface area contributed by atoms with Gasteiger partial charge in [-0.3, -0.25) is 20.2 Å². The first kappa shape index (κ1) is 21.9. The van der Waals surface area contributed by atoms with Gasteiger partial charge in [0.2, 0.25) is 0 Å². The lowest BCUT2D eigenvalue weighted by molar-refractivity contribution is -0.140. The molecule has 0 aromatic rings. The molecule has 2 aliphatic rings. The van der Waals surface area contributed by atoms with E-state index >= 15 is 0 Å². The van der Waals surface area contributed by atoms with Gasteiger partial charge in [0.05, 0.1) is 25.9 Å². The normalized spacial score (nSPS) is 21.5. The Balaban J connectivity index is 1.57. The van der Waals surface area contributed by atoms with E-state index in [9.17, 15) is 19.6 Å². The molecule has 0 saturated carbocycles. The maximum absolute atomic E-state index is 12.2. The van der Waals surface area contributed by atoms with Crippen molar-refractivity contribution in [1.82, 2.24) is 20.8 Å². The predicted molar refractivity (Wildman–Crippen MR) is 96.0 cm³/mol. The molecule has 3 N–H and O–H groups in total. The number of carbonyl (C=O) groups excluding carboxylic acids is 3. The third-order valence-electron chi connectivity index (χ3n) is 4.10. The molecule has 11 heteroatoms. The second-order valence-corrected chi connectivity index (χ2v) is 7.62. The molecule has 2 saturated heterocycles. The molecule has 0 spiro atoms. The first-order valence-corrected chi connectivity index (χ1v) is 9.04. The van der Waals surface area contributed by atoms with Crippen LogP contribution in [0.25, 0.3) is 0 Å². The molecule has 0 aromatic carbocycles. The number of carbonyl (C=O) groups is 3. The van der Waals surface area contributed by atoms with Crippen LogP contribution in [0.2, 0.25) is 0 Å². The molecule has 0 aromatic heterocycles. The molecule has 2 aliphatic heterocycles. The first-order valence-electron chi connectivity index (χ1n) is 9.04. The van der Waals surface area contributed by atoms with Crippen molar-refractivity contribution in [3.8, 4) is 0 Å². The van der Waals surface area contributed by atoms with Gasteiger partial charge in [-0.05, 0) is 33.6 Å². The van der Waals surface area contributed by atoms with E-state index in [-0.39, 0.29) is 25.9 Å². The predicted octanol–water partition coefficient (Wildman–Crippen LogP) is 0.747. The van der Waals surface area contributed by atoms with Crippen LogP contribution in [0.1, 0.15) is 33.6 Å². The van der Waals surface area contributed by atoms with Gasteiger partial charge in [0.15, 0.2) is 0 Å². The number of urea groups is 1. The highest BCUT2D eigenvalue weighted by Gasteiger charge is 2.46. The number of hydrogen-bond acceptors (Lipinski definition) is 7. The number of ether oxygens (including phenoxy) is 2. The summed E-state index contributed by atoms with van der Waals surface area (Å²) < 4.78 is 10.4. The third kappa shape index (κ3) is 6.08. The zero-order valence-electron chi connectivity index (χ0n) is 16.4.